The van der Waals surface area contributed by atoms with Crippen molar-refractivity contribution >= 4 is 23.0 Å². The first-order chi connectivity index (χ1) is 13.6. The quantitative estimate of drug-likeness (QED) is 0.557. The van der Waals surface area contributed by atoms with E-state index in [4.69, 9.17) is 0 Å². The Labute approximate surface area is 165 Å². The van der Waals surface area contributed by atoms with E-state index in [2.05, 4.69) is 22.3 Å². The van der Waals surface area contributed by atoms with E-state index in [1.807, 2.05) is 12.1 Å². The fourth-order valence-corrected chi connectivity index (χ4v) is 3.53. The van der Waals surface area contributed by atoms with Gasteiger partial charge in [0.05, 0.1) is 4.92 Å². The van der Waals surface area contributed by atoms with Crippen molar-refractivity contribution in [1.82, 2.24) is 4.90 Å². The average Bonchev–Trinajstić information content (AvgIpc) is 3.23. The second-order valence-electron chi connectivity index (χ2n) is 7.02. The number of carbonyl (C=O) groups excluding carboxylic acids is 1. The number of hydrogen-bond acceptors (Lipinski definition) is 5. The Morgan fingerprint density at radius 1 is 1.14 bits per heavy atom. The van der Waals surface area contributed by atoms with Crippen LogP contribution in [-0.2, 0) is 11.3 Å². The Morgan fingerprint density at radius 2 is 1.82 bits per heavy atom. The Kier molecular flexibility index (Phi) is 6.47. The number of benzene rings is 2. The van der Waals surface area contributed by atoms with Crippen LogP contribution in [0.25, 0.3) is 0 Å². The van der Waals surface area contributed by atoms with Crippen molar-refractivity contribution < 1.29 is 9.72 Å². The number of hydrogen-bond donors (Lipinski definition) is 1. The summed E-state index contributed by atoms with van der Waals surface area (Å²) in [7, 11) is 1.80. The van der Waals surface area contributed by atoms with Gasteiger partial charge in [-0.2, -0.15) is 0 Å². The molecule has 0 atom stereocenters. The fourth-order valence-electron chi connectivity index (χ4n) is 3.53. The largest absolute Gasteiger partial charge is 0.379 e. The van der Waals surface area contributed by atoms with Gasteiger partial charge in [0.25, 0.3) is 5.69 Å². The molecule has 3 rings (SSSR count). The minimum Gasteiger partial charge on any atom is -0.379 e. The number of nitrogens with zero attached hydrogens (tertiary/aromatic N) is 3. The van der Waals surface area contributed by atoms with E-state index >= 15 is 0 Å². The SMILES string of the molecule is CN(Cc1ccccc1N1CCCC1)C(=O)CCNc1ccccc1[N+](=O)[O-]. The first-order valence-corrected chi connectivity index (χ1v) is 9.60. The van der Waals surface area contributed by atoms with Crippen LogP contribution in [-0.4, -0.2) is 42.4 Å². The van der Waals surface area contributed by atoms with Gasteiger partial charge >= 0.3 is 0 Å². The lowest BCUT2D eigenvalue weighted by Gasteiger charge is -2.24. The second-order valence-corrected chi connectivity index (χ2v) is 7.02. The predicted octanol–water partition coefficient (Wildman–Crippen LogP) is 3.66. The summed E-state index contributed by atoms with van der Waals surface area (Å²) in [5.74, 6) is 0.00214. The summed E-state index contributed by atoms with van der Waals surface area (Å²) in [6.45, 7) is 3.03. The molecule has 2 aromatic carbocycles. The molecule has 1 fully saturated rings. The van der Waals surface area contributed by atoms with Crippen LogP contribution in [0.5, 0.6) is 0 Å². The number of rotatable bonds is 8. The van der Waals surface area contributed by atoms with Crippen LogP contribution in [0.2, 0.25) is 0 Å². The molecule has 1 heterocycles. The molecule has 0 spiro atoms. The average molecular weight is 382 g/mol. The maximum atomic E-state index is 12.5. The molecule has 0 unspecified atom stereocenters. The lowest BCUT2D eigenvalue weighted by atomic mass is 10.1. The Bertz CT molecular complexity index is 834. The van der Waals surface area contributed by atoms with Crippen LogP contribution in [0.1, 0.15) is 24.8 Å². The third kappa shape index (κ3) is 4.79. The van der Waals surface area contributed by atoms with Gasteiger partial charge in [-0.15, -0.1) is 0 Å². The first-order valence-electron chi connectivity index (χ1n) is 9.60. The highest BCUT2D eigenvalue weighted by Crippen LogP contribution is 2.26. The van der Waals surface area contributed by atoms with Crippen molar-refractivity contribution in [2.75, 3.05) is 36.9 Å². The molecule has 0 bridgehead atoms. The van der Waals surface area contributed by atoms with E-state index in [0.717, 1.165) is 18.7 Å². The maximum absolute atomic E-state index is 12.5. The van der Waals surface area contributed by atoms with Crippen LogP contribution in [0, 0.1) is 10.1 Å². The Balaban J connectivity index is 1.55. The molecule has 0 saturated carbocycles. The summed E-state index contributed by atoms with van der Waals surface area (Å²) >= 11 is 0. The summed E-state index contributed by atoms with van der Waals surface area (Å²) in [5.41, 5.74) is 2.80. The van der Waals surface area contributed by atoms with Crippen LogP contribution >= 0.6 is 0 Å². The summed E-state index contributed by atoms with van der Waals surface area (Å²) in [4.78, 5) is 27.3. The van der Waals surface area contributed by atoms with Gasteiger partial charge in [0.2, 0.25) is 5.91 Å². The zero-order valence-corrected chi connectivity index (χ0v) is 16.1. The first kappa shape index (κ1) is 19.7. The van der Waals surface area contributed by atoms with Gasteiger partial charge in [0.1, 0.15) is 5.69 Å². The summed E-state index contributed by atoms with van der Waals surface area (Å²) in [5, 5.41) is 14.1. The van der Waals surface area contributed by atoms with Gasteiger partial charge in [-0.1, -0.05) is 30.3 Å². The van der Waals surface area contributed by atoms with E-state index in [9.17, 15) is 14.9 Å². The number of nitrogens with one attached hydrogen (secondary N) is 1. The predicted molar refractivity (Wildman–Crippen MR) is 111 cm³/mol. The Morgan fingerprint density at radius 3 is 2.57 bits per heavy atom. The van der Waals surface area contributed by atoms with Crippen molar-refractivity contribution in [3.8, 4) is 0 Å². The molecule has 28 heavy (non-hydrogen) atoms. The smallest absolute Gasteiger partial charge is 0.292 e. The lowest BCUT2D eigenvalue weighted by molar-refractivity contribution is -0.384. The van der Waals surface area contributed by atoms with Crippen molar-refractivity contribution in [3.63, 3.8) is 0 Å². The number of nitro groups is 1. The number of nitro benzene ring substituents is 1. The molecule has 1 aliphatic rings. The fraction of sp³-hybridized carbons (Fsp3) is 0.381. The topological polar surface area (TPSA) is 78.7 Å². The molecule has 1 aliphatic heterocycles. The standard InChI is InChI=1S/C21H26N4O3/c1-23(16-17-8-2-4-10-19(17)24-14-6-7-15-24)21(26)12-13-22-18-9-3-5-11-20(18)25(27)28/h2-5,8-11,22H,6-7,12-16H2,1H3. The molecule has 0 aromatic heterocycles. The third-order valence-corrected chi connectivity index (χ3v) is 5.03. The van der Waals surface area contributed by atoms with Crippen molar-refractivity contribution in [2.24, 2.45) is 0 Å². The van der Waals surface area contributed by atoms with Gasteiger partial charge in [-0.3, -0.25) is 14.9 Å². The van der Waals surface area contributed by atoms with Crippen molar-refractivity contribution in [1.29, 1.82) is 0 Å². The molecule has 148 valence electrons. The third-order valence-electron chi connectivity index (χ3n) is 5.03. The highest BCUT2D eigenvalue weighted by molar-refractivity contribution is 5.77. The van der Waals surface area contributed by atoms with Crippen LogP contribution in [0.15, 0.2) is 48.5 Å². The highest BCUT2D eigenvalue weighted by Gasteiger charge is 2.18. The van der Waals surface area contributed by atoms with Gasteiger partial charge in [-0.25, -0.2) is 0 Å². The van der Waals surface area contributed by atoms with E-state index < -0.39 is 4.92 Å². The summed E-state index contributed by atoms with van der Waals surface area (Å²) in [6.07, 6.45) is 2.69. The van der Waals surface area contributed by atoms with E-state index in [0.29, 0.717) is 18.8 Å². The molecule has 0 radical (unpaired) electrons. The summed E-state index contributed by atoms with van der Waals surface area (Å²) < 4.78 is 0. The summed E-state index contributed by atoms with van der Waals surface area (Å²) in [6, 6.07) is 14.7. The molecule has 1 N–H and O–H groups in total. The normalized spacial score (nSPS) is 13.4. The molecule has 7 nitrogen and oxygen atoms in total. The molecule has 0 aliphatic carbocycles. The molecule has 7 heteroatoms. The van der Waals surface area contributed by atoms with Crippen LogP contribution in [0.4, 0.5) is 17.1 Å². The minimum absolute atomic E-state index is 0.00214. The second kappa shape index (κ2) is 9.21. The number of amides is 1. The van der Waals surface area contributed by atoms with E-state index in [-0.39, 0.29) is 18.0 Å². The van der Waals surface area contributed by atoms with Crippen molar-refractivity contribution in [3.05, 3.63) is 64.2 Å². The van der Waals surface area contributed by atoms with Gasteiger partial charge < -0.3 is 15.1 Å². The van der Waals surface area contributed by atoms with Gasteiger partial charge in [-0.05, 0) is 30.5 Å². The van der Waals surface area contributed by atoms with Gasteiger partial charge in [0, 0.05) is 51.4 Å². The van der Waals surface area contributed by atoms with E-state index in [1.165, 1.54) is 24.6 Å². The number of para-hydroxylation sites is 3. The maximum Gasteiger partial charge on any atom is 0.292 e. The number of carbonyl (C=O) groups is 1. The van der Waals surface area contributed by atoms with E-state index in [1.54, 1.807) is 30.1 Å². The molecular weight excluding hydrogens is 356 g/mol. The highest BCUT2D eigenvalue weighted by atomic mass is 16.6. The lowest BCUT2D eigenvalue weighted by Crippen LogP contribution is -2.29. The monoisotopic (exact) mass is 382 g/mol. The molecular formula is C21H26N4O3. The Hall–Kier alpha value is -3.09. The van der Waals surface area contributed by atoms with Gasteiger partial charge in [0.15, 0.2) is 0 Å². The minimum atomic E-state index is -0.425. The van der Waals surface area contributed by atoms with Crippen molar-refractivity contribution in [2.45, 2.75) is 25.8 Å². The van der Waals surface area contributed by atoms with Crippen LogP contribution in [0.3, 0.4) is 0 Å². The number of anilines is 2. The van der Waals surface area contributed by atoms with Crippen LogP contribution < -0.4 is 10.2 Å². The molecule has 2 aromatic rings. The molecule has 1 saturated heterocycles. The zero-order chi connectivity index (χ0) is 19.9. The molecule has 1 amide bonds. The zero-order valence-electron chi connectivity index (χ0n) is 16.1.